The minimum atomic E-state index is 0.634. The van der Waals surface area contributed by atoms with Gasteiger partial charge in [-0.3, -0.25) is 0 Å². The van der Waals surface area contributed by atoms with Crippen molar-refractivity contribution in [3.05, 3.63) is 67.0 Å². The maximum absolute atomic E-state index is 5.45. The Morgan fingerprint density at radius 3 is 2.57 bits per heavy atom. The van der Waals surface area contributed by atoms with Crippen molar-refractivity contribution in [3.63, 3.8) is 0 Å². The molecule has 0 amide bonds. The third-order valence-electron chi connectivity index (χ3n) is 1.58. The van der Waals surface area contributed by atoms with Gasteiger partial charge in [-0.1, -0.05) is 43.0 Å². The van der Waals surface area contributed by atoms with E-state index in [0.29, 0.717) is 5.76 Å². The lowest BCUT2D eigenvalue weighted by Gasteiger charge is -2.03. The lowest BCUT2D eigenvalue weighted by atomic mass is 10.3. The molecule has 72 valence electrons. The molecule has 0 spiro atoms. The van der Waals surface area contributed by atoms with E-state index in [1.165, 1.54) is 0 Å². The Bertz CT molecular complexity index is 334. The van der Waals surface area contributed by atoms with Crippen molar-refractivity contribution in [2.45, 2.75) is 6.92 Å². The van der Waals surface area contributed by atoms with Gasteiger partial charge in [0, 0.05) is 0 Å². The summed E-state index contributed by atoms with van der Waals surface area (Å²) >= 11 is 0. The lowest BCUT2D eigenvalue weighted by molar-refractivity contribution is 0.447. The molecule has 0 atom stereocenters. The second-order valence-corrected chi connectivity index (χ2v) is 2.77. The molecule has 0 unspecified atom stereocenters. The maximum atomic E-state index is 5.45. The average molecular weight is 186 g/mol. The van der Waals surface area contributed by atoms with Crippen LogP contribution in [0.5, 0.6) is 5.75 Å². The highest BCUT2D eigenvalue weighted by Gasteiger charge is 1.91. The van der Waals surface area contributed by atoms with Crippen molar-refractivity contribution in [3.8, 4) is 5.75 Å². The minimum absolute atomic E-state index is 0.634. The molecular weight excluding hydrogens is 172 g/mol. The fraction of sp³-hybridized carbons (Fsp3) is 0.0769. The molecule has 0 fully saturated rings. The Hall–Kier alpha value is -1.76. The van der Waals surface area contributed by atoms with Gasteiger partial charge in [0.1, 0.15) is 11.5 Å². The van der Waals surface area contributed by atoms with E-state index in [1.807, 2.05) is 61.6 Å². The standard InChI is InChI=1S/C13H14O/c1-3-4-6-9-12(2)14-13-10-7-5-8-11-13/h3-11H,2H2,1H3/b4-3-,9-6-. The number of allylic oxidation sites excluding steroid dienone is 4. The molecule has 0 N–H and O–H groups in total. The smallest absolute Gasteiger partial charge is 0.127 e. The first kappa shape index (κ1) is 10.3. The first-order chi connectivity index (χ1) is 6.83. The molecule has 1 rings (SSSR count). The fourth-order valence-corrected chi connectivity index (χ4v) is 0.948. The summed E-state index contributed by atoms with van der Waals surface area (Å²) in [5.74, 6) is 1.44. The number of para-hydroxylation sites is 1. The van der Waals surface area contributed by atoms with Crippen LogP contribution in [0.3, 0.4) is 0 Å². The topological polar surface area (TPSA) is 9.23 Å². The van der Waals surface area contributed by atoms with Gasteiger partial charge < -0.3 is 4.74 Å². The van der Waals surface area contributed by atoms with Gasteiger partial charge in [-0.25, -0.2) is 0 Å². The van der Waals surface area contributed by atoms with Gasteiger partial charge in [0.05, 0.1) is 0 Å². The highest BCUT2D eigenvalue weighted by molar-refractivity contribution is 5.26. The third kappa shape index (κ3) is 3.76. The van der Waals surface area contributed by atoms with Crippen LogP contribution in [0, 0.1) is 0 Å². The van der Waals surface area contributed by atoms with E-state index in [-0.39, 0.29) is 0 Å². The van der Waals surface area contributed by atoms with E-state index < -0.39 is 0 Å². The molecular formula is C13H14O. The molecule has 0 saturated heterocycles. The van der Waals surface area contributed by atoms with Crippen molar-refractivity contribution in [2.75, 3.05) is 0 Å². The fourth-order valence-electron chi connectivity index (χ4n) is 0.948. The first-order valence-corrected chi connectivity index (χ1v) is 4.54. The van der Waals surface area contributed by atoms with E-state index in [2.05, 4.69) is 6.58 Å². The van der Waals surface area contributed by atoms with Gasteiger partial charge in [0.15, 0.2) is 0 Å². The number of rotatable bonds is 4. The summed E-state index contributed by atoms with van der Waals surface area (Å²) in [5.41, 5.74) is 0. The van der Waals surface area contributed by atoms with Crippen LogP contribution in [0.4, 0.5) is 0 Å². The second kappa shape index (κ2) is 5.81. The summed E-state index contributed by atoms with van der Waals surface area (Å²) in [6.07, 6.45) is 7.60. The maximum Gasteiger partial charge on any atom is 0.127 e. The van der Waals surface area contributed by atoms with Crippen LogP contribution in [0.1, 0.15) is 6.92 Å². The zero-order valence-electron chi connectivity index (χ0n) is 8.31. The number of benzene rings is 1. The van der Waals surface area contributed by atoms with Crippen LogP contribution in [0.25, 0.3) is 0 Å². The van der Waals surface area contributed by atoms with Crippen LogP contribution >= 0.6 is 0 Å². The molecule has 0 heterocycles. The highest BCUT2D eigenvalue weighted by Crippen LogP contribution is 2.12. The Morgan fingerprint density at radius 1 is 1.21 bits per heavy atom. The Labute approximate surface area is 85.0 Å². The summed E-state index contributed by atoms with van der Waals surface area (Å²) in [4.78, 5) is 0. The molecule has 0 aliphatic heterocycles. The van der Waals surface area contributed by atoms with Crippen LogP contribution in [0.15, 0.2) is 67.0 Å². The summed E-state index contributed by atoms with van der Waals surface area (Å²) < 4.78 is 5.45. The Kier molecular flexibility index (Phi) is 4.29. The van der Waals surface area contributed by atoms with Crippen LogP contribution < -0.4 is 4.74 Å². The van der Waals surface area contributed by atoms with E-state index in [4.69, 9.17) is 4.74 Å². The zero-order chi connectivity index (χ0) is 10.2. The summed E-state index contributed by atoms with van der Waals surface area (Å²) in [6, 6.07) is 9.60. The van der Waals surface area contributed by atoms with Crippen molar-refractivity contribution >= 4 is 0 Å². The van der Waals surface area contributed by atoms with Crippen molar-refractivity contribution in [2.24, 2.45) is 0 Å². The van der Waals surface area contributed by atoms with Gasteiger partial charge >= 0.3 is 0 Å². The average Bonchev–Trinajstić information content (AvgIpc) is 2.20. The quantitative estimate of drug-likeness (QED) is 0.514. The summed E-state index contributed by atoms with van der Waals surface area (Å²) in [5, 5.41) is 0. The van der Waals surface area contributed by atoms with E-state index >= 15 is 0 Å². The van der Waals surface area contributed by atoms with Gasteiger partial charge in [0.2, 0.25) is 0 Å². The molecule has 0 aromatic heterocycles. The van der Waals surface area contributed by atoms with E-state index in [0.717, 1.165) is 5.75 Å². The number of hydrogen-bond acceptors (Lipinski definition) is 1. The predicted molar refractivity (Wildman–Crippen MR) is 60.2 cm³/mol. The number of ether oxygens (including phenoxy) is 1. The van der Waals surface area contributed by atoms with Crippen molar-refractivity contribution in [1.82, 2.24) is 0 Å². The van der Waals surface area contributed by atoms with Gasteiger partial charge in [-0.05, 0) is 25.1 Å². The van der Waals surface area contributed by atoms with Gasteiger partial charge in [-0.2, -0.15) is 0 Å². The SMILES string of the molecule is C=C(/C=C\C=C/C)Oc1ccccc1. The van der Waals surface area contributed by atoms with Crippen molar-refractivity contribution < 1.29 is 4.74 Å². The highest BCUT2D eigenvalue weighted by atomic mass is 16.5. The molecule has 1 heteroatoms. The summed E-state index contributed by atoms with van der Waals surface area (Å²) in [7, 11) is 0. The molecule has 1 aromatic carbocycles. The molecule has 14 heavy (non-hydrogen) atoms. The third-order valence-corrected chi connectivity index (χ3v) is 1.58. The molecule has 0 aliphatic rings. The molecule has 0 aliphatic carbocycles. The predicted octanol–water partition coefficient (Wildman–Crippen LogP) is 3.71. The molecule has 0 radical (unpaired) electrons. The van der Waals surface area contributed by atoms with Crippen LogP contribution in [-0.2, 0) is 0 Å². The second-order valence-electron chi connectivity index (χ2n) is 2.77. The monoisotopic (exact) mass is 186 g/mol. The largest absolute Gasteiger partial charge is 0.458 e. The number of hydrogen-bond donors (Lipinski definition) is 0. The zero-order valence-corrected chi connectivity index (χ0v) is 8.31. The molecule has 0 bridgehead atoms. The van der Waals surface area contributed by atoms with Gasteiger partial charge in [-0.15, -0.1) is 0 Å². The Morgan fingerprint density at radius 2 is 1.93 bits per heavy atom. The van der Waals surface area contributed by atoms with Gasteiger partial charge in [0.25, 0.3) is 0 Å². The summed E-state index contributed by atoms with van der Waals surface area (Å²) in [6.45, 7) is 5.74. The molecule has 0 saturated carbocycles. The van der Waals surface area contributed by atoms with Crippen molar-refractivity contribution in [1.29, 1.82) is 0 Å². The molecule has 1 nitrogen and oxygen atoms in total. The first-order valence-electron chi connectivity index (χ1n) is 4.54. The lowest BCUT2D eigenvalue weighted by Crippen LogP contribution is -1.88. The molecule has 1 aromatic rings. The Balaban J connectivity index is 2.50. The minimum Gasteiger partial charge on any atom is -0.458 e. The normalized spacial score (nSPS) is 10.9. The van der Waals surface area contributed by atoms with Crippen LogP contribution in [0.2, 0.25) is 0 Å². The van der Waals surface area contributed by atoms with E-state index in [9.17, 15) is 0 Å². The van der Waals surface area contributed by atoms with Crippen LogP contribution in [-0.4, -0.2) is 0 Å². The van der Waals surface area contributed by atoms with E-state index in [1.54, 1.807) is 0 Å².